The lowest BCUT2D eigenvalue weighted by atomic mass is 9.54. The number of aliphatic hydroxyl groups is 5. The summed E-state index contributed by atoms with van der Waals surface area (Å²) in [6, 6.07) is 4.48. The number of hydrogen-bond acceptors (Lipinski definition) is 11. The van der Waals surface area contributed by atoms with E-state index in [0.29, 0.717) is 30.8 Å². The molecule has 2 aliphatic heterocycles. The molecule has 0 radical (unpaired) electrons. The molecule has 8 atom stereocenters. The van der Waals surface area contributed by atoms with Crippen molar-refractivity contribution in [2.24, 2.45) is 28.9 Å². The lowest BCUT2D eigenvalue weighted by Gasteiger charge is -2.60. The van der Waals surface area contributed by atoms with Gasteiger partial charge in [0, 0.05) is 23.4 Å². The summed E-state index contributed by atoms with van der Waals surface area (Å²) >= 11 is 0. The third-order valence-corrected chi connectivity index (χ3v) is 10.8. The summed E-state index contributed by atoms with van der Waals surface area (Å²) in [5.74, 6) is -3.56. The van der Waals surface area contributed by atoms with Gasteiger partial charge in [-0.05, 0) is 43.6 Å². The van der Waals surface area contributed by atoms with Crippen molar-refractivity contribution in [2.75, 3.05) is 13.2 Å². The second-order valence-corrected chi connectivity index (χ2v) is 13.2. The Morgan fingerprint density at radius 3 is 2.60 bits per heavy atom. The molecular weight excluding hydrogens is 580 g/mol. The molecule has 0 spiro atoms. The van der Waals surface area contributed by atoms with Gasteiger partial charge < -0.3 is 46.1 Å². The molecule has 2 heterocycles. The molecule has 11 heteroatoms. The molecule has 7 rings (SSSR count). The van der Waals surface area contributed by atoms with Gasteiger partial charge in [0.15, 0.2) is 11.6 Å². The van der Waals surface area contributed by atoms with Crippen LogP contribution in [-0.4, -0.2) is 80.0 Å². The Kier molecular flexibility index (Phi) is 6.92. The van der Waals surface area contributed by atoms with E-state index in [1.165, 1.54) is 30.4 Å². The van der Waals surface area contributed by atoms with Crippen LogP contribution in [0.25, 0.3) is 0 Å². The van der Waals surface area contributed by atoms with Crippen LogP contribution in [0, 0.1) is 23.2 Å². The van der Waals surface area contributed by atoms with Crippen LogP contribution < -0.4 is 15.8 Å². The van der Waals surface area contributed by atoms with Gasteiger partial charge in [-0.2, -0.15) is 0 Å². The highest BCUT2D eigenvalue weighted by Crippen LogP contribution is 2.60. The van der Waals surface area contributed by atoms with Gasteiger partial charge in [0.25, 0.3) is 0 Å². The summed E-state index contributed by atoms with van der Waals surface area (Å²) in [6.07, 6.45) is 7.94. The maximum absolute atomic E-state index is 13.8. The average molecular weight is 619 g/mol. The molecule has 1 saturated carbocycles. The molecule has 11 nitrogen and oxygen atoms in total. The predicted molar refractivity (Wildman–Crippen MR) is 161 cm³/mol. The number of dihydropyridines is 1. The van der Waals surface area contributed by atoms with Crippen molar-refractivity contribution in [2.45, 2.75) is 62.3 Å². The van der Waals surface area contributed by atoms with E-state index in [1.54, 1.807) is 19.1 Å². The Balaban J connectivity index is 1.30. The number of aliphatic hydroxyl groups excluding tert-OH is 4. The van der Waals surface area contributed by atoms with Crippen molar-refractivity contribution >= 4 is 11.6 Å². The number of nitrogens with one attached hydrogen (secondary N) is 1. The number of fused-ring (bicyclic) bond motifs is 4. The van der Waals surface area contributed by atoms with E-state index in [2.05, 4.69) is 5.32 Å². The summed E-state index contributed by atoms with van der Waals surface area (Å²) in [5.41, 5.74) is 2.93. The van der Waals surface area contributed by atoms with Gasteiger partial charge in [-0.1, -0.05) is 54.9 Å². The van der Waals surface area contributed by atoms with Crippen LogP contribution in [0.3, 0.4) is 0 Å². The number of rotatable bonds is 5. The Morgan fingerprint density at radius 1 is 1.13 bits per heavy atom. The van der Waals surface area contributed by atoms with E-state index < -0.39 is 65.3 Å². The number of ether oxygens (including phenoxy) is 2. The number of carbonyl (C=O) groups excluding carboxylic acids is 2. The van der Waals surface area contributed by atoms with Crippen LogP contribution in [0.4, 0.5) is 0 Å². The van der Waals surface area contributed by atoms with Crippen LogP contribution in [-0.2, 0) is 4.74 Å². The van der Waals surface area contributed by atoms with Crippen molar-refractivity contribution in [3.8, 4) is 5.75 Å². The zero-order chi connectivity index (χ0) is 31.9. The minimum Gasteiger partial charge on any atom is -0.511 e. The molecule has 2 fully saturated rings. The highest BCUT2D eigenvalue weighted by molar-refractivity contribution is 6.19. The molecule has 238 valence electrons. The molecule has 0 aromatic heterocycles. The molecule has 2 bridgehead atoms. The normalized spacial score (nSPS) is 38.2. The van der Waals surface area contributed by atoms with Gasteiger partial charge in [0.2, 0.25) is 6.29 Å². The van der Waals surface area contributed by atoms with Gasteiger partial charge >= 0.3 is 0 Å². The van der Waals surface area contributed by atoms with Crippen LogP contribution >= 0.6 is 0 Å². The van der Waals surface area contributed by atoms with Crippen molar-refractivity contribution in [1.82, 2.24) is 5.32 Å². The zero-order valence-corrected chi connectivity index (χ0v) is 24.8. The van der Waals surface area contributed by atoms with Gasteiger partial charge in [-0.15, -0.1) is 0 Å². The number of Topliss-reactive ketones (excluding diaryl/α,β-unsaturated/α-hetero) is 2. The van der Waals surface area contributed by atoms with Crippen LogP contribution in [0.5, 0.6) is 5.75 Å². The van der Waals surface area contributed by atoms with Crippen LogP contribution in [0.15, 0.2) is 77.4 Å². The number of hydrogen-bond donors (Lipinski definition) is 7. The molecule has 8 N–H and O–H groups in total. The molecule has 8 unspecified atom stereocenters. The fraction of sp³-hybridized carbons (Fsp3) is 0.471. The quantitative estimate of drug-likeness (QED) is 0.238. The fourth-order valence-electron chi connectivity index (χ4n) is 8.60. The first-order valence-electron chi connectivity index (χ1n) is 15.4. The lowest BCUT2D eigenvalue weighted by Crippen LogP contribution is -2.78. The maximum atomic E-state index is 13.8. The van der Waals surface area contributed by atoms with Crippen molar-refractivity contribution in [3.05, 3.63) is 88.5 Å². The first kappa shape index (κ1) is 29.9. The maximum Gasteiger partial charge on any atom is 0.230 e. The second-order valence-electron chi connectivity index (χ2n) is 13.2. The summed E-state index contributed by atoms with van der Waals surface area (Å²) in [4.78, 5) is 27.4. The van der Waals surface area contributed by atoms with E-state index >= 15 is 0 Å². The Bertz CT molecular complexity index is 1620. The molecule has 45 heavy (non-hydrogen) atoms. The van der Waals surface area contributed by atoms with Gasteiger partial charge in [-0.25, -0.2) is 0 Å². The zero-order valence-electron chi connectivity index (χ0n) is 24.8. The number of allylic oxidation sites excluding steroid dienone is 6. The van der Waals surface area contributed by atoms with Crippen molar-refractivity contribution in [1.29, 1.82) is 0 Å². The lowest BCUT2D eigenvalue weighted by molar-refractivity contribution is -0.355. The Morgan fingerprint density at radius 2 is 1.89 bits per heavy atom. The second kappa shape index (κ2) is 10.4. The number of ketones is 2. The van der Waals surface area contributed by atoms with E-state index in [1.807, 2.05) is 12.2 Å². The SMILES string of the molecule is CC1=CC2C(=O)c3cccc(OC4OC5(CO)C=CC(C6(C7=CCNC(N)=C7)CCCC6)C(O)(C4O)C5O)c3C(=O)C2C(O)=C1. The number of benzene rings is 1. The largest absolute Gasteiger partial charge is 0.511 e. The third kappa shape index (κ3) is 4.14. The fourth-order valence-corrected chi connectivity index (χ4v) is 8.60. The smallest absolute Gasteiger partial charge is 0.230 e. The van der Waals surface area contributed by atoms with E-state index in [9.17, 15) is 35.1 Å². The highest BCUT2D eigenvalue weighted by atomic mass is 16.7. The van der Waals surface area contributed by atoms with E-state index in [-0.39, 0.29) is 28.4 Å². The Hall–Kier alpha value is -3.74. The topological polar surface area (TPSA) is 192 Å². The standard InChI is InChI=1S/C34H38N2O9/c1-17-13-20-25(21(38)14-17)28(40)26-19(27(20)39)5-4-6-22(26)44-30-29(41)34(43)23(7-11-33(16-37,45-30)31(34)42)32(9-2-3-10-32)18-8-12-36-24(35)15-18/h4-8,11,13-15,20,23,25,29-31,36-38,41-43H,2-3,9-10,12,16,35H2,1H3. The minimum absolute atomic E-state index is 0.0754. The summed E-state index contributed by atoms with van der Waals surface area (Å²) in [7, 11) is 0. The molecular formula is C34H38N2O9. The average Bonchev–Trinajstić information content (AvgIpc) is 3.51. The molecule has 1 aromatic rings. The summed E-state index contributed by atoms with van der Waals surface area (Å²) in [6.45, 7) is 1.48. The third-order valence-electron chi connectivity index (χ3n) is 10.8. The van der Waals surface area contributed by atoms with Gasteiger partial charge in [-0.3, -0.25) is 9.59 Å². The van der Waals surface area contributed by atoms with E-state index in [4.69, 9.17) is 15.2 Å². The number of carbonyl (C=O) groups is 2. The van der Waals surface area contributed by atoms with E-state index in [0.717, 1.165) is 18.4 Å². The summed E-state index contributed by atoms with van der Waals surface area (Å²) < 4.78 is 12.2. The predicted octanol–water partition coefficient (Wildman–Crippen LogP) is 1.70. The first-order chi connectivity index (χ1) is 21.5. The van der Waals surface area contributed by atoms with Crippen molar-refractivity contribution in [3.63, 3.8) is 0 Å². The summed E-state index contributed by atoms with van der Waals surface area (Å²) in [5, 5.41) is 60.4. The molecule has 1 saturated heterocycles. The molecule has 4 aliphatic carbocycles. The first-order valence-corrected chi connectivity index (χ1v) is 15.4. The molecule has 6 aliphatic rings. The van der Waals surface area contributed by atoms with Gasteiger partial charge in [0.05, 0.1) is 29.8 Å². The van der Waals surface area contributed by atoms with Crippen LogP contribution in [0.2, 0.25) is 0 Å². The monoisotopic (exact) mass is 618 g/mol. The number of nitrogens with two attached hydrogens (primary N) is 1. The molecule has 0 amide bonds. The molecule has 1 aromatic carbocycles. The van der Waals surface area contributed by atoms with Crippen LogP contribution in [0.1, 0.15) is 53.3 Å². The van der Waals surface area contributed by atoms with Gasteiger partial charge in [0.1, 0.15) is 34.9 Å². The Labute approximate surface area is 260 Å². The highest BCUT2D eigenvalue weighted by Gasteiger charge is 2.70. The minimum atomic E-state index is -2.26. The van der Waals surface area contributed by atoms with Crippen molar-refractivity contribution < 1.29 is 44.6 Å².